The van der Waals surface area contributed by atoms with Crippen LogP contribution in [0.3, 0.4) is 0 Å². The number of carbonyl (C=O) groups is 2. The number of thiophene rings is 1. The Kier molecular flexibility index (Phi) is 7.07. The van der Waals surface area contributed by atoms with E-state index in [2.05, 4.69) is 5.32 Å². The molecule has 1 aliphatic rings. The first-order chi connectivity index (χ1) is 17.8. The van der Waals surface area contributed by atoms with Crippen LogP contribution in [0, 0.1) is 11.6 Å². The fourth-order valence-corrected chi connectivity index (χ4v) is 6.32. The molecule has 37 heavy (non-hydrogen) atoms. The van der Waals surface area contributed by atoms with Crippen molar-refractivity contribution in [1.29, 1.82) is 0 Å². The molecular weight excluding hydrogens is 518 g/mol. The molecule has 0 saturated heterocycles. The summed E-state index contributed by atoms with van der Waals surface area (Å²) in [6.07, 6.45) is 0.579. The number of nitrogens with one attached hydrogen (secondary N) is 1. The molecule has 0 bridgehead atoms. The predicted molar refractivity (Wildman–Crippen MR) is 140 cm³/mol. The third-order valence-corrected chi connectivity index (χ3v) is 8.18. The minimum atomic E-state index is -0.873. The lowest BCUT2D eigenvalue weighted by Crippen LogP contribution is -2.34. The molecule has 5 rings (SSSR count). The van der Waals surface area contributed by atoms with Gasteiger partial charge in [-0.2, -0.15) is 0 Å². The molecule has 0 fully saturated rings. The van der Waals surface area contributed by atoms with Gasteiger partial charge in [-0.3, -0.25) is 19.0 Å². The van der Waals surface area contributed by atoms with Crippen LogP contribution in [0.4, 0.5) is 14.5 Å². The summed E-state index contributed by atoms with van der Waals surface area (Å²) in [5, 5.41) is 3.35. The van der Waals surface area contributed by atoms with Crippen molar-refractivity contribution in [2.45, 2.75) is 31.6 Å². The maximum absolute atomic E-state index is 14.0. The van der Waals surface area contributed by atoms with Crippen molar-refractivity contribution in [3.8, 4) is 0 Å². The third-order valence-electron chi connectivity index (χ3n) is 6.09. The van der Waals surface area contributed by atoms with E-state index in [9.17, 15) is 23.2 Å². The van der Waals surface area contributed by atoms with Crippen molar-refractivity contribution in [2.24, 2.45) is 0 Å². The van der Waals surface area contributed by atoms with E-state index in [1.165, 1.54) is 18.3 Å². The summed E-state index contributed by atoms with van der Waals surface area (Å²) in [4.78, 5) is 46.2. The minimum absolute atomic E-state index is 0.0163. The molecule has 0 saturated carbocycles. The molecule has 0 unspecified atom stereocenters. The SMILES string of the molecule is CC(=O)N1CCc2c(sc3nc(SCC(=O)Nc4ccc(F)cc4F)n(Cc4ccccc4)c(=O)c23)C1. The molecule has 0 aliphatic carbocycles. The van der Waals surface area contributed by atoms with Crippen LogP contribution < -0.4 is 10.9 Å². The Bertz CT molecular complexity index is 1570. The minimum Gasteiger partial charge on any atom is -0.337 e. The van der Waals surface area contributed by atoms with Gasteiger partial charge in [0, 0.05) is 24.4 Å². The number of benzene rings is 2. The largest absolute Gasteiger partial charge is 0.337 e. The summed E-state index contributed by atoms with van der Waals surface area (Å²) in [7, 11) is 0. The number of aromatic nitrogens is 2. The highest BCUT2D eigenvalue weighted by molar-refractivity contribution is 7.99. The maximum Gasteiger partial charge on any atom is 0.263 e. The van der Waals surface area contributed by atoms with Gasteiger partial charge in [0.05, 0.1) is 29.9 Å². The van der Waals surface area contributed by atoms with Crippen LogP contribution in [0.2, 0.25) is 0 Å². The number of nitrogens with zero attached hydrogens (tertiary/aromatic N) is 3. The quantitative estimate of drug-likeness (QED) is 0.289. The highest BCUT2D eigenvalue weighted by Gasteiger charge is 2.26. The van der Waals surface area contributed by atoms with Crippen molar-refractivity contribution in [1.82, 2.24) is 14.5 Å². The average Bonchev–Trinajstić information content (AvgIpc) is 3.24. The number of rotatable bonds is 6. The first-order valence-corrected chi connectivity index (χ1v) is 13.3. The van der Waals surface area contributed by atoms with Gasteiger partial charge in [0.15, 0.2) is 5.16 Å². The number of hydrogen-bond acceptors (Lipinski definition) is 6. The van der Waals surface area contributed by atoms with Crippen molar-refractivity contribution >= 4 is 50.8 Å². The second-order valence-corrected chi connectivity index (χ2v) is 10.6. The monoisotopic (exact) mass is 540 g/mol. The van der Waals surface area contributed by atoms with Gasteiger partial charge in [-0.15, -0.1) is 11.3 Å². The normalized spacial score (nSPS) is 13.0. The molecule has 190 valence electrons. The van der Waals surface area contributed by atoms with Crippen LogP contribution in [0.15, 0.2) is 58.5 Å². The standard InChI is InChI=1S/C26H22F2N4O3S2/c1-15(33)31-10-9-18-21(13-31)37-24-23(18)25(35)32(12-16-5-3-2-4-6-16)26(30-24)36-14-22(34)29-20-8-7-17(27)11-19(20)28/h2-8,11H,9-10,12-14H2,1H3,(H,29,34). The fraction of sp³-hybridized carbons (Fsp3) is 0.231. The zero-order chi connectivity index (χ0) is 26.1. The van der Waals surface area contributed by atoms with Gasteiger partial charge in [0.25, 0.3) is 5.56 Å². The van der Waals surface area contributed by atoms with E-state index in [1.54, 1.807) is 9.47 Å². The third kappa shape index (κ3) is 5.28. The number of halogens is 2. The predicted octanol–water partition coefficient (Wildman–Crippen LogP) is 4.42. The molecule has 4 aromatic rings. The lowest BCUT2D eigenvalue weighted by molar-refractivity contribution is -0.129. The number of hydrogen-bond donors (Lipinski definition) is 1. The lowest BCUT2D eigenvalue weighted by atomic mass is 10.1. The van der Waals surface area contributed by atoms with Gasteiger partial charge in [0.1, 0.15) is 16.5 Å². The zero-order valence-electron chi connectivity index (χ0n) is 19.8. The van der Waals surface area contributed by atoms with Gasteiger partial charge in [0.2, 0.25) is 11.8 Å². The van der Waals surface area contributed by atoms with Crippen LogP contribution in [-0.4, -0.2) is 38.6 Å². The van der Waals surface area contributed by atoms with E-state index in [-0.39, 0.29) is 29.5 Å². The van der Waals surface area contributed by atoms with E-state index in [1.807, 2.05) is 30.3 Å². The van der Waals surface area contributed by atoms with Crippen LogP contribution >= 0.6 is 23.1 Å². The smallest absolute Gasteiger partial charge is 0.263 e. The Morgan fingerprint density at radius 2 is 1.95 bits per heavy atom. The number of carbonyl (C=O) groups excluding carboxylic acids is 2. The molecule has 1 aliphatic heterocycles. The van der Waals surface area contributed by atoms with Crippen LogP contribution in [0.1, 0.15) is 22.9 Å². The number of thioether (sulfide) groups is 1. The molecule has 2 amide bonds. The van der Waals surface area contributed by atoms with Gasteiger partial charge in [-0.05, 0) is 29.7 Å². The van der Waals surface area contributed by atoms with E-state index in [4.69, 9.17) is 4.98 Å². The van der Waals surface area contributed by atoms with Gasteiger partial charge in [-0.1, -0.05) is 42.1 Å². The molecular formula is C26H22F2N4O3S2. The summed E-state index contributed by atoms with van der Waals surface area (Å²) < 4.78 is 28.7. The Hall–Kier alpha value is -3.57. The van der Waals surface area contributed by atoms with Crippen LogP contribution in [0.25, 0.3) is 10.2 Å². The van der Waals surface area contributed by atoms with Gasteiger partial charge < -0.3 is 10.2 Å². The van der Waals surface area contributed by atoms with Crippen molar-refractivity contribution in [3.05, 3.63) is 86.5 Å². The molecule has 0 radical (unpaired) electrons. The van der Waals surface area contributed by atoms with Crippen LogP contribution in [0.5, 0.6) is 0 Å². The highest BCUT2D eigenvalue weighted by atomic mass is 32.2. The van der Waals surface area contributed by atoms with Crippen molar-refractivity contribution < 1.29 is 18.4 Å². The van der Waals surface area contributed by atoms with Gasteiger partial charge in [-0.25, -0.2) is 13.8 Å². The van der Waals surface area contributed by atoms with Crippen molar-refractivity contribution in [3.63, 3.8) is 0 Å². The Balaban J connectivity index is 1.48. The second kappa shape index (κ2) is 10.4. The molecule has 2 aromatic heterocycles. The Morgan fingerprint density at radius 1 is 1.16 bits per heavy atom. The number of anilines is 1. The maximum atomic E-state index is 14.0. The average molecular weight is 541 g/mol. The lowest BCUT2D eigenvalue weighted by Gasteiger charge is -2.25. The summed E-state index contributed by atoms with van der Waals surface area (Å²) in [6.45, 7) is 2.78. The van der Waals surface area contributed by atoms with Crippen LogP contribution in [-0.2, 0) is 29.1 Å². The summed E-state index contributed by atoms with van der Waals surface area (Å²) in [5.74, 6) is -2.27. The molecule has 2 aromatic carbocycles. The van der Waals surface area contributed by atoms with E-state index >= 15 is 0 Å². The second-order valence-electron chi connectivity index (χ2n) is 8.61. The van der Waals surface area contributed by atoms with Gasteiger partial charge >= 0.3 is 0 Å². The summed E-state index contributed by atoms with van der Waals surface area (Å²) in [5.41, 5.74) is 1.50. The molecule has 3 heterocycles. The summed E-state index contributed by atoms with van der Waals surface area (Å²) >= 11 is 2.46. The van der Waals surface area contributed by atoms with E-state index in [0.29, 0.717) is 40.9 Å². The van der Waals surface area contributed by atoms with E-state index < -0.39 is 17.5 Å². The molecule has 7 nitrogen and oxygen atoms in total. The fourth-order valence-electron chi connectivity index (χ4n) is 4.25. The number of fused-ring (bicyclic) bond motifs is 3. The Labute approximate surface area is 219 Å². The van der Waals surface area contributed by atoms with Crippen molar-refractivity contribution in [2.75, 3.05) is 17.6 Å². The topological polar surface area (TPSA) is 84.3 Å². The molecule has 1 N–H and O–H groups in total. The molecule has 0 atom stereocenters. The Morgan fingerprint density at radius 3 is 2.68 bits per heavy atom. The first kappa shape index (κ1) is 25.1. The summed E-state index contributed by atoms with van der Waals surface area (Å²) in [6, 6.07) is 12.4. The number of amides is 2. The van der Waals surface area contributed by atoms with E-state index in [0.717, 1.165) is 39.9 Å². The molecule has 0 spiro atoms. The first-order valence-electron chi connectivity index (χ1n) is 11.5. The zero-order valence-corrected chi connectivity index (χ0v) is 21.4. The highest BCUT2D eigenvalue weighted by Crippen LogP contribution is 2.34. The molecule has 11 heteroatoms.